The van der Waals surface area contributed by atoms with Crippen LogP contribution in [0.2, 0.25) is 0 Å². The molecule has 0 fully saturated rings. The molecule has 2 heterocycles. The van der Waals surface area contributed by atoms with Gasteiger partial charge in [-0.15, -0.1) is 6.42 Å². The number of carbonyl (C=O) groups is 1. The van der Waals surface area contributed by atoms with E-state index >= 15 is 0 Å². The summed E-state index contributed by atoms with van der Waals surface area (Å²) in [5.41, 5.74) is 3.11. The van der Waals surface area contributed by atoms with Gasteiger partial charge in [0.1, 0.15) is 6.61 Å². The van der Waals surface area contributed by atoms with Gasteiger partial charge in [0.15, 0.2) is 11.5 Å². The van der Waals surface area contributed by atoms with Gasteiger partial charge in [-0.2, -0.15) is 0 Å². The maximum atomic E-state index is 12.9. The molecule has 7 heteroatoms. The van der Waals surface area contributed by atoms with Gasteiger partial charge >= 0.3 is 0 Å². The highest BCUT2D eigenvalue weighted by atomic mass is 16.5. The molecule has 0 spiro atoms. The third kappa shape index (κ3) is 4.32. The average Bonchev–Trinajstić information content (AvgIpc) is 3.10. The number of terminal acetylenes is 1. The lowest BCUT2D eigenvalue weighted by atomic mass is 10.0. The zero-order valence-corrected chi connectivity index (χ0v) is 16.9. The summed E-state index contributed by atoms with van der Waals surface area (Å²) in [7, 11) is 1.56. The lowest BCUT2D eigenvalue weighted by molar-refractivity contribution is 0.0952. The van der Waals surface area contributed by atoms with Crippen molar-refractivity contribution in [3.8, 4) is 23.8 Å². The van der Waals surface area contributed by atoms with Crippen molar-refractivity contribution < 1.29 is 18.8 Å². The number of pyridine rings is 1. The Bertz CT molecular complexity index is 1080. The van der Waals surface area contributed by atoms with Gasteiger partial charge in [-0.25, -0.2) is 4.98 Å². The van der Waals surface area contributed by atoms with Gasteiger partial charge in [-0.3, -0.25) is 4.79 Å². The fourth-order valence-corrected chi connectivity index (χ4v) is 2.93. The molecule has 0 unspecified atom stereocenters. The van der Waals surface area contributed by atoms with Gasteiger partial charge in [0, 0.05) is 12.2 Å². The Morgan fingerprint density at radius 1 is 1.31 bits per heavy atom. The molecule has 3 aromatic rings. The first-order chi connectivity index (χ1) is 13.9. The minimum Gasteiger partial charge on any atom is -0.493 e. The molecule has 29 heavy (non-hydrogen) atoms. The first-order valence-electron chi connectivity index (χ1n) is 9.22. The molecule has 0 radical (unpaired) electrons. The molecule has 2 aromatic heterocycles. The van der Waals surface area contributed by atoms with Crippen LogP contribution in [0, 0.1) is 19.3 Å². The number of methoxy groups -OCH3 is 1. The zero-order chi connectivity index (χ0) is 21.0. The van der Waals surface area contributed by atoms with E-state index in [0.717, 1.165) is 11.3 Å². The predicted octanol–water partition coefficient (Wildman–Crippen LogP) is 3.61. The van der Waals surface area contributed by atoms with Crippen LogP contribution in [-0.2, 0) is 6.54 Å². The summed E-state index contributed by atoms with van der Waals surface area (Å²) in [6, 6.07) is 7.22. The smallest absolute Gasteiger partial charge is 0.259 e. The molecule has 1 N–H and O–H groups in total. The van der Waals surface area contributed by atoms with E-state index in [2.05, 4.69) is 21.4 Å². The Labute approximate surface area is 169 Å². The number of nitrogens with one attached hydrogen (secondary N) is 1. The summed E-state index contributed by atoms with van der Waals surface area (Å²) in [4.78, 5) is 17.4. The van der Waals surface area contributed by atoms with Crippen molar-refractivity contribution in [2.75, 3.05) is 13.7 Å². The molecule has 1 amide bonds. The average molecular weight is 393 g/mol. The van der Waals surface area contributed by atoms with E-state index in [0.29, 0.717) is 40.4 Å². The van der Waals surface area contributed by atoms with Crippen LogP contribution >= 0.6 is 0 Å². The lowest BCUT2D eigenvalue weighted by Gasteiger charge is -2.12. The molecule has 0 saturated carbocycles. The number of ether oxygens (including phenoxy) is 2. The van der Waals surface area contributed by atoms with E-state index in [-0.39, 0.29) is 18.4 Å². The minimum absolute atomic E-state index is 0.131. The molecule has 0 aliphatic heterocycles. The Kier molecular flexibility index (Phi) is 6.03. The normalized spacial score (nSPS) is 10.8. The van der Waals surface area contributed by atoms with Crippen LogP contribution in [0.15, 0.2) is 28.8 Å². The second-order valence-corrected chi connectivity index (χ2v) is 6.86. The van der Waals surface area contributed by atoms with Crippen LogP contribution in [-0.4, -0.2) is 29.8 Å². The molecule has 0 saturated heterocycles. The van der Waals surface area contributed by atoms with E-state index in [9.17, 15) is 4.79 Å². The van der Waals surface area contributed by atoms with Crippen molar-refractivity contribution in [1.29, 1.82) is 0 Å². The van der Waals surface area contributed by atoms with Crippen LogP contribution < -0.4 is 14.8 Å². The largest absolute Gasteiger partial charge is 0.493 e. The molecule has 0 aliphatic rings. The van der Waals surface area contributed by atoms with Gasteiger partial charge in [0.05, 0.1) is 23.8 Å². The van der Waals surface area contributed by atoms with Crippen LogP contribution in [0.3, 0.4) is 0 Å². The van der Waals surface area contributed by atoms with Crippen molar-refractivity contribution >= 4 is 17.0 Å². The lowest BCUT2D eigenvalue weighted by Crippen LogP contribution is -2.23. The van der Waals surface area contributed by atoms with E-state index < -0.39 is 0 Å². The number of fused-ring (bicyclic) bond motifs is 1. The Hall–Kier alpha value is -3.53. The molecule has 0 atom stereocenters. The standard InChI is InChI=1S/C22H23N3O4/c1-6-9-28-19-10-15(7-8-18(19)27-5)12-23-21(26)16-11-17(13(2)3)24-22-20(16)14(4)25-29-22/h1,7-8,10-11,13H,9,12H2,2-5H3,(H,23,26). The van der Waals surface area contributed by atoms with Crippen LogP contribution in [0.1, 0.15) is 47.1 Å². The quantitative estimate of drug-likeness (QED) is 0.617. The number of benzene rings is 1. The first-order valence-corrected chi connectivity index (χ1v) is 9.22. The van der Waals surface area contributed by atoms with E-state index in [1.54, 1.807) is 32.2 Å². The second kappa shape index (κ2) is 8.65. The molecular weight excluding hydrogens is 370 g/mol. The Balaban J connectivity index is 1.84. The fourth-order valence-electron chi connectivity index (χ4n) is 2.93. The summed E-state index contributed by atoms with van der Waals surface area (Å²) >= 11 is 0. The second-order valence-electron chi connectivity index (χ2n) is 6.86. The molecule has 7 nitrogen and oxygen atoms in total. The number of hydrogen-bond donors (Lipinski definition) is 1. The number of nitrogens with zero attached hydrogens (tertiary/aromatic N) is 2. The van der Waals surface area contributed by atoms with Gasteiger partial charge in [0.2, 0.25) is 0 Å². The third-order valence-corrected chi connectivity index (χ3v) is 4.47. The van der Waals surface area contributed by atoms with Crippen molar-refractivity contribution in [2.45, 2.75) is 33.2 Å². The topological polar surface area (TPSA) is 86.5 Å². The fraction of sp³-hybridized carbons (Fsp3) is 0.318. The minimum atomic E-state index is -0.229. The number of amides is 1. The highest BCUT2D eigenvalue weighted by Gasteiger charge is 2.19. The summed E-state index contributed by atoms with van der Waals surface area (Å²) < 4.78 is 16.1. The highest BCUT2D eigenvalue weighted by Crippen LogP contribution is 2.28. The van der Waals surface area contributed by atoms with Gasteiger partial charge in [0.25, 0.3) is 11.6 Å². The van der Waals surface area contributed by atoms with Crippen LogP contribution in [0.4, 0.5) is 0 Å². The molecule has 3 rings (SSSR count). The van der Waals surface area contributed by atoms with Crippen LogP contribution in [0.25, 0.3) is 11.1 Å². The van der Waals surface area contributed by atoms with E-state index in [4.69, 9.17) is 20.4 Å². The first kappa shape index (κ1) is 20.2. The monoisotopic (exact) mass is 393 g/mol. The van der Waals surface area contributed by atoms with Crippen LogP contribution in [0.5, 0.6) is 11.5 Å². The summed E-state index contributed by atoms with van der Waals surface area (Å²) in [6.45, 7) is 6.24. The summed E-state index contributed by atoms with van der Waals surface area (Å²) in [6.07, 6.45) is 5.26. The predicted molar refractivity (Wildman–Crippen MR) is 109 cm³/mol. The van der Waals surface area contributed by atoms with Gasteiger partial charge < -0.3 is 19.3 Å². The summed E-state index contributed by atoms with van der Waals surface area (Å²) in [5, 5.41) is 7.52. The number of hydrogen-bond acceptors (Lipinski definition) is 6. The van der Waals surface area contributed by atoms with Gasteiger partial charge in [-0.1, -0.05) is 31.0 Å². The van der Waals surface area contributed by atoms with Crippen molar-refractivity contribution in [1.82, 2.24) is 15.5 Å². The Morgan fingerprint density at radius 2 is 2.10 bits per heavy atom. The van der Waals surface area contributed by atoms with Crippen molar-refractivity contribution in [2.24, 2.45) is 0 Å². The molecular formula is C22H23N3O4. The zero-order valence-electron chi connectivity index (χ0n) is 16.9. The highest BCUT2D eigenvalue weighted by molar-refractivity contribution is 6.06. The maximum absolute atomic E-state index is 12.9. The van der Waals surface area contributed by atoms with E-state index in [1.165, 1.54) is 0 Å². The summed E-state index contributed by atoms with van der Waals surface area (Å²) in [5.74, 6) is 3.45. The third-order valence-electron chi connectivity index (χ3n) is 4.47. The number of aromatic nitrogens is 2. The maximum Gasteiger partial charge on any atom is 0.259 e. The van der Waals surface area contributed by atoms with Crippen molar-refractivity contribution in [3.05, 3.63) is 46.8 Å². The van der Waals surface area contributed by atoms with Gasteiger partial charge in [-0.05, 0) is 36.6 Å². The molecule has 0 bridgehead atoms. The number of rotatable bonds is 7. The number of carbonyl (C=O) groups excluding carboxylic acids is 1. The molecule has 1 aromatic carbocycles. The SMILES string of the molecule is C#CCOc1cc(CNC(=O)c2cc(C(C)C)nc3onc(C)c23)ccc1OC. The number of aryl methyl sites for hydroxylation is 1. The Morgan fingerprint density at radius 3 is 2.79 bits per heavy atom. The molecule has 0 aliphatic carbocycles. The molecule has 150 valence electrons. The van der Waals surface area contributed by atoms with E-state index in [1.807, 2.05) is 19.9 Å². The van der Waals surface area contributed by atoms with Crippen molar-refractivity contribution in [3.63, 3.8) is 0 Å².